The van der Waals surface area contributed by atoms with Gasteiger partial charge in [-0.3, -0.25) is 29.0 Å². The Labute approximate surface area is 288 Å². The molecule has 2 aliphatic heterocycles. The minimum absolute atomic E-state index is 0.0260. The van der Waals surface area contributed by atoms with Crippen LogP contribution in [0.15, 0.2) is 29.3 Å². The van der Waals surface area contributed by atoms with Crippen LogP contribution in [0.25, 0.3) is 0 Å². The van der Waals surface area contributed by atoms with E-state index in [-0.39, 0.29) is 18.9 Å². The predicted molar refractivity (Wildman–Crippen MR) is 180 cm³/mol. The van der Waals surface area contributed by atoms with Gasteiger partial charge >= 0.3 is 6.03 Å². The summed E-state index contributed by atoms with van der Waals surface area (Å²) < 4.78 is 0. The number of urea groups is 1. The van der Waals surface area contributed by atoms with E-state index in [9.17, 15) is 39.0 Å². The number of aliphatic imine (C=N–C) groups is 1. The molecule has 50 heavy (non-hydrogen) atoms. The van der Waals surface area contributed by atoms with Crippen molar-refractivity contribution in [3.05, 3.63) is 29.8 Å². The summed E-state index contributed by atoms with van der Waals surface area (Å²) in [6.07, 6.45) is 6.03. The van der Waals surface area contributed by atoms with Crippen molar-refractivity contribution in [2.75, 3.05) is 38.2 Å². The minimum atomic E-state index is -1.64. The highest BCUT2D eigenvalue weighted by Crippen LogP contribution is 2.33. The molecule has 14 N–H and O–H groups in total. The third kappa shape index (κ3) is 10.3. The highest BCUT2D eigenvalue weighted by Gasteiger charge is 2.36. The third-order valence-corrected chi connectivity index (χ3v) is 8.89. The third-order valence-electron chi connectivity index (χ3n) is 8.89. The van der Waals surface area contributed by atoms with Gasteiger partial charge in [-0.05, 0) is 42.9 Å². The van der Waals surface area contributed by atoms with Gasteiger partial charge in [0.05, 0.1) is 19.3 Å². The van der Waals surface area contributed by atoms with Crippen LogP contribution in [0.5, 0.6) is 0 Å². The van der Waals surface area contributed by atoms with Crippen LogP contribution in [0, 0.1) is 0 Å². The number of hydrogen-bond acceptors (Lipinski definition) is 12. The van der Waals surface area contributed by atoms with E-state index < -0.39 is 98.1 Å². The van der Waals surface area contributed by atoms with Crippen molar-refractivity contribution in [1.82, 2.24) is 37.2 Å². The molecule has 0 radical (unpaired) electrons. The van der Waals surface area contributed by atoms with Gasteiger partial charge in [0, 0.05) is 25.3 Å². The highest BCUT2D eigenvalue weighted by molar-refractivity contribution is 5.98. The standard InChI is InChI=1S/C31H47N11O8/c32-12-20-25(45)42-24(19-10-11-34-30(33)40-19)29(49)35-13-21(26(46)38-23(15-44)28(48)39-22(14-43)27(47)37-20)41-31(50)36-18-8-6-17(7-9-18)16-4-2-1-3-5-16/h6-9,16,19-24,43-44H,1-5,10-15,32H2,(H,35,49)(H,37,47)(H,38,46)(H,39,48)(H,42,45)(H3,33,34,40)(H2,36,41,50)/t19?,20?,21?,22-,23-,24-/m0/s1. The smallest absolute Gasteiger partial charge is 0.319 e. The molecule has 1 saturated heterocycles. The Morgan fingerprint density at radius 2 is 1.38 bits per heavy atom. The largest absolute Gasteiger partial charge is 0.394 e. The number of rotatable bonds is 7. The number of anilines is 1. The highest BCUT2D eigenvalue weighted by atomic mass is 16.3. The van der Waals surface area contributed by atoms with Crippen LogP contribution in [0.4, 0.5) is 10.5 Å². The van der Waals surface area contributed by atoms with Gasteiger partial charge in [-0.1, -0.05) is 31.4 Å². The van der Waals surface area contributed by atoms with Gasteiger partial charge in [-0.25, -0.2) is 4.79 Å². The number of carbonyl (C=O) groups is 6. The number of nitrogens with one attached hydrogen (secondary N) is 8. The molecule has 3 aliphatic rings. The Balaban J connectivity index is 1.57. The first-order valence-corrected chi connectivity index (χ1v) is 16.7. The van der Waals surface area contributed by atoms with E-state index in [0.717, 1.165) is 12.8 Å². The summed E-state index contributed by atoms with van der Waals surface area (Å²) in [5.74, 6) is -4.20. The zero-order valence-electron chi connectivity index (χ0n) is 27.6. The van der Waals surface area contributed by atoms with Gasteiger partial charge in [-0.15, -0.1) is 0 Å². The number of aliphatic hydroxyl groups excluding tert-OH is 2. The average molecular weight is 702 g/mol. The maximum atomic E-state index is 13.6. The van der Waals surface area contributed by atoms with E-state index >= 15 is 0 Å². The SMILES string of the molecule is NCC1NC(=O)[C@H](CO)NC(=O)[C@H](CO)NC(=O)C(NC(=O)Nc2ccc(C3CCCCC3)cc2)CNC(=O)[C@H](C2CCN=C(N)N2)NC1=O. The molecule has 19 nitrogen and oxygen atoms in total. The molecule has 7 amide bonds. The van der Waals surface area contributed by atoms with Gasteiger partial charge in [0.2, 0.25) is 29.5 Å². The van der Waals surface area contributed by atoms with Crippen LogP contribution in [0.2, 0.25) is 0 Å². The van der Waals surface area contributed by atoms with E-state index in [1.165, 1.54) is 24.8 Å². The second kappa shape index (κ2) is 18.1. The van der Waals surface area contributed by atoms with Gasteiger partial charge in [-0.2, -0.15) is 0 Å². The number of nitrogens with zero attached hydrogens (tertiary/aromatic N) is 1. The Morgan fingerprint density at radius 1 is 0.780 bits per heavy atom. The lowest BCUT2D eigenvalue weighted by Gasteiger charge is -2.32. The molecule has 4 rings (SSSR count). The summed E-state index contributed by atoms with van der Waals surface area (Å²) in [5, 5.41) is 39.6. The van der Waals surface area contributed by atoms with Crippen LogP contribution >= 0.6 is 0 Å². The molecule has 19 heteroatoms. The topological polar surface area (TPSA) is 304 Å². The fourth-order valence-corrected chi connectivity index (χ4v) is 6.04. The quantitative estimate of drug-likeness (QED) is 0.130. The van der Waals surface area contributed by atoms with Crippen molar-refractivity contribution in [2.45, 2.75) is 80.7 Å². The van der Waals surface area contributed by atoms with Crippen molar-refractivity contribution >= 4 is 47.2 Å². The van der Waals surface area contributed by atoms with E-state index in [4.69, 9.17) is 11.5 Å². The zero-order valence-corrected chi connectivity index (χ0v) is 27.6. The number of guanidine groups is 1. The molecule has 1 aromatic carbocycles. The number of hydrogen-bond donors (Lipinski definition) is 12. The molecule has 1 aromatic rings. The average Bonchev–Trinajstić information content (AvgIpc) is 3.12. The van der Waals surface area contributed by atoms with Crippen molar-refractivity contribution in [3.8, 4) is 0 Å². The monoisotopic (exact) mass is 701 g/mol. The van der Waals surface area contributed by atoms with Gasteiger partial charge < -0.3 is 64.2 Å². The van der Waals surface area contributed by atoms with Crippen LogP contribution in [0.1, 0.15) is 50.0 Å². The Kier molecular flexibility index (Phi) is 13.7. The van der Waals surface area contributed by atoms with Gasteiger partial charge in [0.1, 0.15) is 30.2 Å². The Bertz CT molecular complexity index is 1420. The van der Waals surface area contributed by atoms with Crippen molar-refractivity contribution in [2.24, 2.45) is 16.5 Å². The molecular weight excluding hydrogens is 654 g/mol. The van der Waals surface area contributed by atoms with Gasteiger partial charge in [0.25, 0.3) is 0 Å². The lowest BCUT2D eigenvalue weighted by atomic mass is 9.84. The second-order valence-corrected chi connectivity index (χ2v) is 12.4. The molecule has 0 aromatic heterocycles. The lowest BCUT2D eigenvalue weighted by molar-refractivity contribution is -0.136. The fraction of sp³-hybridized carbons (Fsp3) is 0.581. The molecule has 1 saturated carbocycles. The summed E-state index contributed by atoms with van der Waals surface area (Å²) in [6, 6.07) is -1.68. The summed E-state index contributed by atoms with van der Waals surface area (Å²) in [7, 11) is 0. The van der Waals surface area contributed by atoms with Crippen LogP contribution < -0.4 is 54.0 Å². The summed E-state index contributed by atoms with van der Waals surface area (Å²) in [6.45, 7) is -2.54. The first-order chi connectivity index (χ1) is 24.0. The first-order valence-electron chi connectivity index (χ1n) is 16.7. The first kappa shape index (κ1) is 37.8. The predicted octanol–water partition coefficient (Wildman–Crippen LogP) is -4.09. The van der Waals surface area contributed by atoms with Gasteiger partial charge in [0.15, 0.2) is 5.96 Å². The van der Waals surface area contributed by atoms with Crippen LogP contribution in [-0.2, 0) is 24.0 Å². The van der Waals surface area contributed by atoms with Crippen molar-refractivity contribution in [1.29, 1.82) is 0 Å². The molecule has 3 unspecified atom stereocenters. The minimum Gasteiger partial charge on any atom is -0.394 e. The molecule has 274 valence electrons. The molecule has 6 atom stereocenters. The van der Waals surface area contributed by atoms with E-state index in [0.29, 0.717) is 11.6 Å². The Morgan fingerprint density at radius 3 is 1.98 bits per heavy atom. The Hall–Kier alpha value is -5.01. The van der Waals surface area contributed by atoms with E-state index in [1.807, 2.05) is 12.1 Å². The number of nitrogens with two attached hydrogens (primary N) is 2. The molecule has 2 fully saturated rings. The van der Waals surface area contributed by atoms with Crippen LogP contribution in [0.3, 0.4) is 0 Å². The number of carbonyl (C=O) groups excluding carboxylic acids is 6. The second-order valence-electron chi connectivity index (χ2n) is 12.4. The maximum Gasteiger partial charge on any atom is 0.319 e. The summed E-state index contributed by atoms with van der Waals surface area (Å²) in [5.41, 5.74) is 13.2. The zero-order chi connectivity index (χ0) is 36.2. The molecule has 0 bridgehead atoms. The van der Waals surface area contributed by atoms with E-state index in [1.54, 1.807) is 12.1 Å². The summed E-state index contributed by atoms with van der Waals surface area (Å²) >= 11 is 0. The normalized spacial score (nSPS) is 27.7. The maximum absolute atomic E-state index is 13.6. The fourth-order valence-electron chi connectivity index (χ4n) is 6.04. The number of benzene rings is 1. The summed E-state index contributed by atoms with van der Waals surface area (Å²) in [4.78, 5) is 83.4. The molecule has 1 aliphatic carbocycles. The number of amides is 7. The molecule has 2 heterocycles. The van der Waals surface area contributed by atoms with Crippen molar-refractivity contribution < 1.29 is 39.0 Å². The molecular formula is C31H47N11O8. The van der Waals surface area contributed by atoms with E-state index in [2.05, 4.69) is 47.5 Å². The number of aliphatic hydroxyl groups is 2. The van der Waals surface area contributed by atoms with Crippen molar-refractivity contribution in [3.63, 3.8) is 0 Å². The lowest BCUT2D eigenvalue weighted by Crippen LogP contribution is -2.66. The molecule has 0 spiro atoms. The van der Waals surface area contributed by atoms with Crippen LogP contribution in [-0.4, -0.2) is 121 Å².